The van der Waals surface area contributed by atoms with Gasteiger partial charge in [-0.1, -0.05) is 44.6 Å². The molecule has 0 spiro atoms. The highest BCUT2D eigenvalue weighted by Gasteiger charge is 2.19. The molecule has 1 aromatic heterocycles. The number of unbranched alkanes of at least 4 members (excludes halogenated alkanes) is 6. The number of aliphatic carboxylic acids is 2. The monoisotopic (exact) mass is 312 g/mol. The summed E-state index contributed by atoms with van der Waals surface area (Å²) < 4.78 is 0. The largest absolute Gasteiger partial charge is 0.481 e. The van der Waals surface area contributed by atoms with Crippen LogP contribution in [0.2, 0.25) is 0 Å². The first-order valence-electron chi connectivity index (χ1n) is 7.59. The topological polar surface area (TPSA) is 74.6 Å². The summed E-state index contributed by atoms with van der Waals surface area (Å²) in [5, 5.41) is 19.7. The van der Waals surface area contributed by atoms with Crippen molar-refractivity contribution in [3.8, 4) is 0 Å². The molecule has 1 unspecified atom stereocenters. The lowest BCUT2D eigenvalue weighted by molar-refractivity contribution is -0.139. The zero-order valence-electron chi connectivity index (χ0n) is 12.3. The smallest absolute Gasteiger partial charge is 0.311 e. The molecule has 0 radical (unpaired) electrons. The highest BCUT2D eigenvalue weighted by atomic mass is 32.1. The van der Waals surface area contributed by atoms with Gasteiger partial charge in [0, 0.05) is 11.3 Å². The minimum Gasteiger partial charge on any atom is -0.481 e. The van der Waals surface area contributed by atoms with Crippen molar-refractivity contribution in [2.45, 2.75) is 63.7 Å². The minimum absolute atomic E-state index is 0.265. The van der Waals surface area contributed by atoms with E-state index in [9.17, 15) is 14.7 Å². The van der Waals surface area contributed by atoms with Gasteiger partial charge in [-0.2, -0.15) is 0 Å². The fraction of sp³-hybridized carbons (Fsp3) is 0.625. The molecule has 0 amide bonds. The fourth-order valence-electron chi connectivity index (χ4n) is 2.39. The van der Waals surface area contributed by atoms with E-state index in [4.69, 9.17) is 5.11 Å². The third kappa shape index (κ3) is 7.85. The number of carbonyl (C=O) groups is 2. The molecule has 21 heavy (non-hydrogen) atoms. The van der Waals surface area contributed by atoms with Gasteiger partial charge in [0.2, 0.25) is 0 Å². The molecular formula is C16H24O4S. The number of hydrogen-bond donors (Lipinski definition) is 2. The van der Waals surface area contributed by atoms with E-state index in [1.54, 1.807) is 0 Å². The molecule has 0 aliphatic heterocycles. The van der Waals surface area contributed by atoms with E-state index >= 15 is 0 Å². The Morgan fingerprint density at radius 1 is 1.00 bits per heavy atom. The van der Waals surface area contributed by atoms with Crippen LogP contribution in [0.15, 0.2) is 17.5 Å². The van der Waals surface area contributed by atoms with Crippen LogP contribution in [0.3, 0.4) is 0 Å². The molecule has 1 heterocycles. The highest BCUT2D eigenvalue weighted by molar-refractivity contribution is 7.10. The molecular weight excluding hydrogens is 288 g/mol. The maximum atomic E-state index is 11.2. The SMILES string of the molecule is O=C(O)CCCCCCCCCC(C(=O)O)c1cccs1. The van der Waals surface area contributed by atoms with Crippen molar-refractivity contribution in [1.82, 2.24) is 0 Å². The van der Waals surface area contributed by atoms with Gasteiger partial charge in [0.05, 0.1) is 5.92 Å². The summed E-state index contributed by atoms with van der Waals surface area (Å²) in [6.07, 6.45) is 7.96. The van der Waals surface area contributed by atoms with Crippen LogP contribution < -0.4 is 0 Å². The molecule has 118 valence electrons. The van der Waals surface area contributed by atoms with E-state index in [0.29, 0.717) is 6.42 Å². The Kier molecular flexibility index (Phi) is 8.74. The molecule has 0 bridgehead atoms. The molecule has 5 heteroatoms. The van der Waals surface area contributed by atoms with Crippen molar-refractivity contribution in [1.29, 1.82) is 0 Å². The predicted molar refractivity (Wildman–Crippen MR) is 83.9 cm³/mol. The van der Waals surface area contributed by atoms with Crippen molar-refractivity contribution < 1.29 is 19.8 Å². The van der Waals surface area contributed by atoms with Crippen LogP contribution in [0, 0.1) is 0 Å². The molecule has 1 rings (SSSR count). The maximum absolute atomic E-state index is 11.2. The summed E-state index contributed by atoms with van der Waals surface area (Å²) in [6, 6.07) is 3.79. The van der Waals surface area contributed by atoms with Crippen molar-refractivity contribution in [2.75, 3.05) is 0 Å². The number of rotatable bonds is 12. The number of thiophene rings is 1. The normalized spacial score (nSPS) is 12.2. The quantitative estimate of drug-likeness (QED) is 0.557. The second-order valence-electron chi connectivity index (χ2n) is 5.31. The minimum atomic E-state index is -0.730. The molecule has 0 aliphatic rings. The van der Waals surface area contributed by atoms with Gasteiger partial charge in [0.1, 0.15) is 0 Å². The van der Waals surface area contributed by atoms with Gasteiger partial charge >= 0.3 is 11.9 Å². The number of hydrogen-bond acceptors (Lipinski definition) is 3. The fourth-order valence-corrected chi connectivity index (χ4v) is 3.24. The van der Waals surface area contributed by atoms with E-state index in [0.717, 1.165) is 49.8 Å². The van der Waals surface area contributed by atoms with E-state index in [1.165, 1.54) is 11.3 Å². The molecule has 2 N–H and O–H groups in total. The van der Waals surface area contributed by atoms with Gasteiger partial charge < -0.3 is 10.2 Å². The Balaban J connectivity index is 2.05. The average Bonchev–Trinajstić information content (AvgIpc) is 2.94. The first-order valence-corrected chi connectivity index (χ1v) is 8.47. The second-order valence-corrected chi connectivity index (χ2v) is 6.29. The lowest BCUT2D eigenvalue weighted by Gasteiger charge is -2.10. The number of carboxylic acids is 2. The van der Waals surface area contributed by atoms with Gasteiger partial charge in [0.25, 0.3) is 0 Å². The van der Waals surface area contributed by atoms with Crippen LogP contribution in [-0.4, -0.2) is 22.2 Å². The summed E-state index contributed by atoms with van der Waals surface area (Å²) in [7, 11) is 0. The molecule has 0 saturated carbocycles. The molecule has 0 fully saturated rings. The Labute approximate surface area is 129 Å². The molecule has 0 aromatic carbocycles. The molecule has 0 saturated heterocycles. The zero-order valence-corrected chi connectivity index (χ0v) is 13.1. The third-order valence-electron chi connectivity index (χ3n) is 3.57. The maximum Gasteiger partial charge on any atom is 0.311 e. The molecule has 1 atom stereocenters. The highest BCUT2D eigenvalue weighted by Crippen LogP contribution is 2.27. The lowest BCUT2D eigenvalue weighted by atomic mass is 9.98. The number of carboxylic acid groups (broad SMARTS) is 2. The van der Waals surface area contributed by atoms with Crippen LogP contribution in [-0.2, 0) is 9.59 Å². The standard InChI is InChI=1S/C16H24O4S/c17-15(18)11-7-5-3-1-2-4-6-9-13(16(19)20)14-10-8-12-21-14/h8,10,12-13H,1-7,9,11H2,(H,17,18)(H,19,20). The summed E-state index contributed by atoms with van der Waals surface area (Å²) in [5.74, 6) is -1.81. The van der Waals surface area contributed by atoms with E-state index < -0.39 is 11.9 Å². The van der Waals surface area contributed by atoms with Crippen LogP contribution in [0.25, 0.3) is 0 Å². The average molecular weight is 312 g/mol. The van der Waals surface area contributed by atoms with Crippen molar-refractivity contribution >= 4 is 23.3 Å². The zero-order chi connectivity index (χ0) is 15.5. The lowest BCUT2D eigenvalue weighted by Crippen LogP contribution is -2.10. The Morgan fingerprint density at radius 3 is 2.14 bits per heavy atom. The summed E-state index contributed by atoms with van der Waals surface area (Å²) in [5.41, 5.74) is 0. The predicted octanol–water partition coefficient (Wildman–Crippen LogP) is 4.51. The molecule has 1 aromatic rings. The van der Waals surface area contributed by atoms with Crippen LogP contribution >= 0.6 is 11.3 Å². The summed E-state index contributed by atoms with van der Waals surface area (Å²) in [4.78, 5) is 22.5. The van der Waals surface area contributed by atoms with Gasteiger partial charge in [-0.25, -0.2) is 0 Å². The first-order chi connectivity index (χ1) is 10.1. The van der Waals surface area contributed by atoms with Gasteiger partial charge in [0.15, 0.2) is 0 Å². The van der Waals surface area contributed by atoms with E-state index in [2.05, 4.69) is 0 Å². The second kappa shape index (κ2) is 10.4. The van der Waals surface area contributed by atoms with Gasteiger partial charge in [-0.15, -0.1) is 11.3 Å². The Morgan fingerprint density at radius 2 is 1.62 bits per heavy atom. The van der Waals surface area contributed by atoms with E-state index in [-0.39, 0.29) is 12.3 Å². The Hall–Kier alpha value is -1.36. The van der Waals surface area contributed by atoms with E-state index in [1.807, 2.05) is 17.5 Å². The van der Waals surface area contributed by atoms with Crippen molar-refractivity contribution in [2.24, 2.45) is 0 Å². The summed E-state index contributed by atoms with van der Waals surface area (Å²) >= 11 is 1.51. The van der Waals surface area contributed by atoms with Crippen molar-refractivity contribution in [3.63, 3.8) is 0 Å². The van der Waals surface area contributed by atoms with Crippen LogP contribution in [0.5, 0.6) is 0 Å². The van der Waals surface area contributed by atoms with Crippen LogP contribution in [0.1, 0.15) is 68.6 Å². The Bertz CT molecular complexity index is 414. The molecule has 4 nitrogen and oxygen atoms in total. The van der Waals surface area contributed by atoms with Gasteiger partial charge in [-0.3, -0.25) is 9.59 Å². The molecule has 0 aliphatic carbocycles. The first kappa shape index (κ1) is 17.7. The third-order valence-corrected chi connectivity index (χ3v) is 4.55. The van der Waals surface area contributed by atoms with Crippen LogP contribution in [0.4, 0.5) is 0 Å². The van der Waals surface area contributed by atoms with Gasteiger partial charge in [-0.05, 0) is 24.3 Å². The van der Waals surface area contributed by atoms with Crippen molar-refractivity contribution in [3.05, 3.63) is 22.4 Å². The summed E-state index contributed by atoms with van der Waals surface area (Å²) in [6.45, 7) is 0.